The zero-order valence-electron chi connectivity index (χ0n) is 27.5. The van der Waals surface area contributed by atoms with Crippen molar-refractivity contribution in [1.82, 2.24) is 9.88 Å². The van der Waals surface area contributed by atoms with Gasteiger partial charge in [-0.1, -0.05) is 59.7 Å². The van der Waals surface area contributed by atoms with Gasteiger partial charge in [-0.15, -0.1) is 0 Å². The van der Waals surface area contributed by atoms with Crippen LogP contribution in [0.4, 0.5) is 10.5 Å². The van der Waals surface area contributed by atoms with E-state index in [2.05, 4.69) is 27.9 Å². The molecule has 1 amide bonds. The second-order valence-corrected chi connectivity index (χ2v) is 14.0. The van der Waals surface area contributed by atoms with Crippen molar-refractivity contribution < 1.29 is 27.9 Å². The van der Waals surface area contributed by atoms with Gasteiger partial charge in [0, 0.05) is 35.4 Å². The molecule has 5 rings (SSSR count). The van der Waals surface area contributed by atoms with Crippen molar-refractivity contribution >= 4 is 38.7 Å². The van der Waals surface area contributed by atoms with Crippen LogP contribution in [0, 0.1) is 13.8 Å². The molecule has 5 aromatic rings. The molecule has 0 saturated carbocycles. The normalized spacial score (nSPS) is 11.4. The number of hydrogen-bond acceptors (Lipinski definition) is 5. The van der Waals surface area contributed by atoms with Crippen LogP contribution in [0.15, 0.2) is 91.0 Å². The van der Waals surface area contributed by atoms with Gasteiger partial charge in [-0.3, -0.25) is 4.72 Å². The van der Waals surface area contributed by atoms with E-state index < -0.39 is 22.1 Å². The first-order valence-corrected chi connectivity index (χ1v) is 17.8. The van der Waals surface area contributed by atoms with Crippen LogP contribution in [-0.2, 0) is 34.2 Å². The minimum Gasteiger partial charge on any atom is -0.478 e. The average Bonchev–Trinajstić information content (AvgIpc) is 3.41. The number of hydrogen-bond donors (Lipinski definition) is 3. The zero-order chi connectivity index (χ0) is 34.3. The highest BCUT2D eigenvalue weighted by molar-refractivity contribution is 7.92. The number of carbonyl (C=O) groups is 2. The molecule has 0 unspecified atom stereocenters. The van der Waals surface area contributed by atoms with E-state index in [1.807, 2.05) is 56.3 Å². The number of nitrogens with one attached hydrogen (secondary N) is 2. The number of H-pyrrole nitrogens is 1. The Morgan fingerprint density at radius 2 is 1.54 bits per heavy atom. The Balaban J connectivity index is 1.35. The van der Waals surface area contributed by atoms with Gasteiger partial charge in [-0.2, -0.15) is 0 Å². The van der Waals surface area contributed by atoms with E-state index in [0.29, 0.717) is 25.2 Å². The van der Waals surface area contributed by atoms with Crippen molar-refractivity contribution in [3.05, 3.63) is 124 Å². The summed E-state index contributed by atoms with van der Waals surface area (Å²) in [6.45, 7) is 5.11. The van der Waals surface area contributed by atoms with Gasteiger partial charge in [0.25, 0.3) is 0 Å². The van der Waals surface area contributed by atoms with Crippen molar-refractivity contribution in [1.29, 1.82) is 0 Å². The lowest BCUT2D eigenvalue weighted by molar-refractivity contribution is 0.0696. The first-order chi connectivity index (χ1) is 22.9. The van der Waals surface area contributed by atoms with Gasteiger partial charge in [0.1, 0.15) is 6.61 Å². The van der Waals surface area contributed by atoms with Gasteiger partial charge in [0.05, 0.1) is 11.8 Å². The molecule has 0 aliphatic rings. The summed E-state index contributed by atoms with van der Waals surface area (Å²) >= 11 is 0. The summed E-state index contributed by atoms with van der Waals surface area (Å²) in [5, 5.41) is 10.5. The molecule has 4 aromatic carbocycles. The predicted octanol–water partition coefficient (Wildman–Crippen LogP) is 7.73. The standard InChI is InChI=1S/C38H41N3O6S/c1-26-21-27(2)23-31(22-26)36-33(34-24-30(37(42)43)14-17-35(34)39-36)18-20-41(38(44)47-25-29-10-5-4-6-11-29)19-8-7-9-28-12-15-32(16-13-28)40-48(3,45)46/h4-6,10-17,21-24,39-40H,7-9,18-20,25H2,1-3H3,(H,42,43). The number of nitrogens with zero attached hydrogens (tertiary/aromatic N) is 1. The number of carboxylic acid groups (broad SMARTS) is 1. The Kier molecular flexibility index (Phi) is 10.9. The Morgan fingerprint density at radius 3 is 2.21 bits per heavy atom. The molecular formula is C38H41N3O6S. The summed E-state index contributed by atoms with van der Waals surface area (Å²) in [5.41, 5.74) is 8.61. The smallest absolute Gasteiger partial charge is 0.410 e. The lowest BCUT2D eigenvalue weighted by Crippen LogP contribution is -2.34. The van der Waals surface area contributed by atoms with E-state index >= 15 is 0 Å². The number of aromatic carboxylic acids is 1. The van der Waals surface area contributed by atoms with E-state index in [-0.39, 0.29) is 12.2 Å². The number of aromatic nitrogens is 1. The number of carbonyl (C=O) groups excluding carboxylic acids is 1. The second-order valence-electron chi connectivity index (χ2n) is 12.2. The van der Waals surface area contributed by atoms with Crippen LogP contribution in [0.3, 0.4) is 0 Å². The number of carboxylic acids is 1. The highest BCUT2D eigenvalue weighted by atomic mass is 32.2. The maximum absolute atomic E-state index is 13.5. The van der Waals surface area contributed by atoms with Gasteiger partial charge in [-0.25, -0.2) is 18.0 Å². The molecule has 3 N–H and O–H groups in total. The first-order valence-electron chi connectivity index (χ1n) is 15.9. The van der Waals surface area contributed by atoms with Crippen LogP contribution in [0.2, 0.25) is 0 Å². The molecule has 1 heterocycles. The molecule has 0 spiro atoms. The summed E-state index contributed by atoms with van der Waals surface area (Å²) in [7, 11) is -3.34. The van der Waals surface area contributed by atoms with Crippen molar-refractivity contribution in [2.24, 2.45) is 0 Å². The van der Waals surface area contributed by atoms with Crippen LogP contribution < -0.4 is 4.72 Å². The molecule has 0 fully saturated rings. The number of unbranched alkanes of at least 4 members (excludes halogenated alkanes) is 1. The quantitative estimate of drug-likeness (QED) is 0.104. The van der Waals surface area contributed by atoms with E-state index in [4.69, 9.17) is 4.74 Å². The van der Waals surface area contributed by atoms with Gasteiger partial charge < -0.3 is 19.7 Å². The lowest BCUT2D eigenvalue weighted by Gasteiger charge is -2.23. The molecule has 0 atom stereocenters. The Labute approximate surface area is 281 Å². The van der Waals surface area contributed by atoms with E-state index in [9.17, 15) is 23.1 Å². The average molecular weight is 668 g/mol. The highest BCUT2D eigenvalue weighted by Crippen LogP contribution is 2.33. The van der Waals surface area contributed by atoms with Crippen LogP contribution in [0.5, 0.6) is 0 Å². The second kappa shape index (κ2) is 15.2. The summed E-state index contributed by atoms with van der Waals surface area (Å²) in [6.07, 6.45) is 3.50. The number of rotatable bonds is 14. The van der Waals surface area contributed by atoms with E-state index in [1.165, 1.54) is 0 Å². The third kappa shape index (κ3) is 9.25. The topological polar surface area (TPSA) is 129 Å². The Bertz CT molecular complexity index is 1980. The summed E-state index contributed by atoms with van der Waals surface area (Å²) in [6, 6.07) is 28.2. The number of anilines is 1. The molecule has 10 heteroatoms. The predicted molar refractivity (Wildman–Crippen MR) is 190 cm³/mol. The summed E-state index contributed by atoms with van der Waals surface area (Å²) in [4.78, 5) is 30.6. The molecule has 48 heavy (non-hydrogen) atoms. The van der Waals surface area contributed by atoms with Crippen LogP contribution in [-0.4, -0.2) is 54.8 Å². The molecular weight excluding hydrogens is 627 g/mol. The molecule has 0 radical (unpaired) electrons. The molecule has 0 aliphatic heterocycles. The molecule has 250 valence electrons. The van der Waals surface area contributed by atoms with Gasteiger partial charge in [-0.05, 0) is 104 Å². The number of benzene rings is 4. The van der Waals surface area contributed by atoms with Gasteiger partial charge in [0.2, 0.25) is 10.0 Å². The summed E-state index contributed by atoms with van der Waals surface area (Å²) < 4.78 is 31.3. The number of amides is 1. The van der Waals surface area contributed by atoms with Gasteiger partial charge in [0.15, 0.2) is 0 Å². The number of aromatic amines is 1. The van der Waals surface area contributed by atoms with Crippen molar-refractivity contribution in [3.8, 4) is 11.3 Å². The minimum absolute atomic E-state index is 0.160. The molecule has 0 bridgehead atoms. The lowest BCUT2D eigenvalue weighted by atomic mass is 9.98. The number of ether oxygens (including phenoxy) is 1. The SMILES string of the molecule is Cc1cc(C)cc(-c2[nH]c3ccc(C(=O)O)cc3c2CCN(CCCCc2ccc(NS(C)(=O)=O)cc2)C(=O)OCc2ccccc2)c1. The van der Waals surface area contributed by atoms with Crippen LogP contribution >= 0.6 is 0 Å². The van der Waals surface area contributed by atoms with Crippen molar-refractivity contribution in [2.75, 3.05) is 24.1 Å². The maximum Gasteiger partial charge on any atom is 0.410 e. The fourth-order valence-corrected chi connectivity index (χ4v) is 6.51. The van der Waals surface area contributed by atoms with E-state index in [1.54, 1.807) is 35.2 Å². The molecule has 9 nitrogen and oxygen atoms in total. The highest BCUT2D eigenvalue weighted by Gasteiger charge is 2.20. The van der Waals surface area contributed by atoms with E-state index in [0.717, 1.165) is 75.5 Å². The monoisotopic (exact) mass is 667 g/mol. The largest absolute Gasteiger partial charge is 0.478 e. The number of fused-ring (bicyclic) bond motifs is 1. The van der Waals surface area contributed by atoms with Crippen LogP contribution in [0.25, 0.3) is 22.2 Å². The Hall–Kier alpha value is -5.09. The first kappa shape index (κ1) is 34.3. The molecule has 0 aliphatic carbocycles. The third-order valence-electron chi connectivity index (χ3n) is 8.16. The summed E-state index contributed by atoms with van der Waals surface area (Å²) in [5.74, 6) is -0.996. The molecule has 0 saturated heterocycles. The Morgan fingerprint density at radius 1 is 0.833 bits per heavy atom. The minimum atomic E-state index is -3.34. The third-order valence-corrected chi connectivity index (χ3v) is 8.77. The fraction of sp³-hybridized carbons (Fsp3) is 0.263. The van der Waals surface area contributed by atoms with Crippen LogP contribution in [0.1, 0.15) is 51.0 Å². The number of sulfonamides is 1. The zero-order valence-corrected chi connectivity index (χ0v) is 28.3. The van der Waals surface area contributed by atoms with Gasteiger partial charge >= 0.3 is 12.1 Å². The van der Waals surface area contributed by atoms with Crippen molar-refractivity contribution in [3.63, 3.8) is 0 Å². The fourth-order valence-electron chi connectivity index (χ4n) is 5.94. The van der Waals surface area contributed by atoms with Crippen molar-refractivity contribution in [2.45, 2.75) is 46.1 Å². The maximum atomic E-state index is 13.5. The number of aryl methyl sites for hydroxylation is 3. The molecule has 1 aromatic heterocycles.